The summed E-state index contributed by atoms with van der Waals surface area (Å²) in [5.74, 6) is 0. The lowest BCUT2D eigenvalue weighted by molar-refractivity contribution is 0.0469. The molecule has 0 fully saturated rings. The van der Waals surface area contributed by atoms with Crippen molar-refractivity contribution in [1.29, 1.82) is 0 Å². The van der Waals surface area contributed by atoms with Gasteiger partial charge in [0, 0.05) is 18.1 Å². The van der Waals surface area contributed by atoms with E-state index in [0.717, 1.165) is 16.5 Å². The smallest absolute Gasteiger partial charge is 0.322 e. The molecule has 1 aromatic heterocycles. The second kappa shape index (κ2) is 7.54. The second-order valence-corrected chi connectivity index (χ2v) is 6.96. The first-order valence-corrected chi connectivity index (χ1v) is 8.58. The van der Waals surface area contributed by atoms with Gasteiger partial charge >= 0.3 is 6.03 Å². The van der Waals surface area contributed by atoms with E-state index < -0.39 is 5.60 Å². The van der Waals surface area contributed by atoms with E-state index in [1.165, 1.54) is 0 Å². The van der Waals surface area contributed by atoms with Crippen molar-refractivity contribution in [3.8, 4) is 0 Å². The minimum Gasteiger partial charge on any atom is -0.389 e. The molecule has 5 heteroatoms. The Labute approximate surface area is 153 Å². The van der Waals surface area contributed by atoms with Crippen LogP contribution in [0.3, 0.4) is 0 Å². The second-order valence-electron chi connectivity index (χ2n) is 6.96. The molecular formula is C21H23N3O2. The number of para-hydroxylation sites is 1. The van der Waals surface area contributed by atoms with Gasteiger partial charge in [0.05, 0.1) is 23.3 Å². The topological polar surface area (TPSA) is 65.5 Å². The van der Waals surface area contributed by atoms with Crippen LogP contribution in [-0.2, 0) is 6.54 Å². The van der Waals surface area contributed by atoms with Gasteiger partial charge in [0.2, 0.25) is 0 Å². The van der Waals surface area contributed by atoms with Gasteiger partial charge < -0.3 is 15.3 Å². The third kappa shape index (κ3) is 4.58. The van der Waals surface area contributed by atoms with Gasteiger partial charge in [-0.15, -0.1) is 0 Å². The number of rotatable bonds is 5. The molecule has 2 amide bonds. The average Bonchev–Trinajstić information content (AvgIpc) is 2.61. The van der Waals surface area contributed by atoms with Crippen molar-refractivity contribution in [2.45, 2.75) is 26.0 Å². The summed E-state index contributed by atoms with van der Waals surface area (Å²) in [5.41, 5.74) is 1.40. The molecule has 0 saturated carbocycles. The summed E-state index contributed by atoms with van der Waals surface area (Å²) in [6, 6.07) is 19.0. The molecule has 2 aromatic carbocycles. The van der Waals surface area contributed by atoms with Crippen LogP contribution in [0, 0.1) is 0 Å². The van der Waals surface area contributed by atoms with Crippen molar-refractivity contribution >= 4 is 22.6 Å². The Balaban J connectivity index is 1.84. The number of pyridine rings is 1. The Morgan fingerprint density at radius 1 is 1.08 bits per heavy atom. The quantitative estimate of drug-likeness (QED) is 0.730. The molecule has 0 aliphatic carbocycles. The standard InChI is InChI=1S/C21H23N3O2/c1-21(2,26)15-24(14-16-8-4-3-5-9-16)20(25)23-18-12-6-10-17-11-7-13-22-19(17)18/h3-13,26H,14-15H2,1-2H3,(H,23,25). The molecule has 0 aliphatic heterocycles. The highest BCUT2D eigenvalue weighted by atomic mass is 16.3. The largest absolute Gasteiger partial charge is 0.389 e. The molecule has 5 nitrogen and oxygen atoms in total. The number of carbonyl (C=O) groups excluding carboxylic acids is 1. The zero-order chi connectivity index (χ0) is 18.6. The van der Waals surface area contributed by atoms with Crippen LogP contribution < -0.4 is 5.32 Å². The Morgan fingerprint density at radius 3 is 2.54 bits per heavy atom. The summed E-state index contributed by atoms with van der Waals surface area (Å²) in [5, 5.41) is 14.1. The summed E-state index contributed by atoms with van der Waals surface area (Å²) in [6.07, 6.45) is 1.70. The molecule has 2 N–H and O–H groups in total. The minimum atomic E-state index is -0.997. The zero-order valence-corrected chi connectivity index (χ0v) is 15.0. The van der Waals surface area contributed by atoms with Gasteiger partial charge in [-0.05, 0) is 31.5 Å². The van der Waals surface area contributed by atoms with Crippen molar-refractivity contribution < 1.29 is 9.90 Å². The molecule has 0 atom stereocenters. The highest BCUT2D eigenvalue weighted by molar-refractivity contribution is 5.99. The Hall–Kier alpha value is -2.92. The number of anilines is 1. The Morgan fingerprint density at radius 2 is 1.81 bits per heavy atom. The zero-order valence-electron chi connectivity index (χ0n) is 15.0. The van der Waals surface area contributed by atoms with Crippen LogP contribution in [0.5, 0.6) is 0 Å². The molecule has 0 saturated heterocycles. The number of amides is 2. The maximum absolute atomic E-state index is 12.9. The molecule has 0 aliphatic rings. The molecule has 0 spiro atoms. The van der Waals surface area contributed by atoms with Gasteiger partial charge in [-0.2, -0.15) is 0 Å². The maximum Gasteiger partial charge on any atom is 0.322 e. The van der Waals surface area contributed by atoms with Gasteiger partial charge in [-0.25, -0.2) is 4.79 Å². The summed E-state index contributed by atoms with van der Waals surface area (Å²) >= 11 is 0. The molecule has 3 aromatic rings. The summed E-state index contributed by atoms with van der Waals surface area (Å²) < 4.78 is 0. The van der Waals surface area contributed by atoms with E-state index in [1.807, 2.05) is 60.7 Å². The van der Waals surface area contributed by atoms with E-state index in [1.54, 1.807) is 24.9 Å². The first-order chi connectivity index (χ1) is 12.4. The van der Waals surface area contributed by atoms with Crippen molar-refractivity contribution in [3.05, 3.63) is 72.4 Å². The van der Waals surface area contributed by atoms with E-state index in [0.29, 0.717) is 12.2 Å². The monoisotopic (exact) mass is 349 g/mol. The minimum absolute atomic E-state index is 0.214. The summed E-state index contributed by atoms with van der Waals surface area (Å²) in [4.78, 5) is 18.9. The average molecular weight is 349 g/mol. The van der Waals surface area contributed by atoms with Crippen molar-refractivity contribution in [2.75, 3.05) is 11.9 Å². The normalized spacial score (nSPS) is 11.3. The lowest BCUT2D eigenvalue weighted by atomic mass is 10.1. The van der Waals surface area contributed by atoms with Crippen LogP contribution in [0.1, 0.15) is 19.4 Å². The first kappa shape index (κ1) is 17.9. The van der Waals surface area contributed by atoms with Gasteiger partial charge in [-0.1, -0.05) is 48.5 Å². The van der Waals surface area contributed by atoms with Gasteiger partial charge in [-0.3, -0.25) is 4.98 Å². The number of nitrogens with one attached hydrogen (secondary N) is 1. The molecule has 134 valence electrons. The number of hydrogen-bond donors (Lipinski definition) is 2. The number of benzene rings is 2. The Bertz CT molecular complexity index is 883. The lowest BCUT2D eigenvalue weighted by Crippen LogP contribution is -2.43. The molecule has 26 heavy (non-hydrogen) atoms. The molecule has 3 rings (SSSR count). The van der Waals surface area contributed by atoms with Crippen LogP contribution in [0.15, 0.2) is 66.9 Å². The first-order valence-electron chi connectivity index (χ1n) is 8.58. The maximum atomic E-state index is 12.9. The van der Waals surface area contributed by atoms with E-state index in [9.17, 15) is 9.90 Å². The third-order valence-electron chi connectivity index (χ3n) is 3.96. The number of hydrogen-bond acceptors (Lipinski definition) is 3. The van der Waals surface area contributed by atoms with E-state index in [4.69, 9.17) is 0 Å². The molecule has 1 heterocycles. The predicted octanol–water partition coefficient (Wildman–Crippen LogP) is 4.04. The fraction of sp³-hybridized carbons (Fsp3) is 0.238. The van der Waals surface area contributed by atoms with Crippen LogP contribution in [0.4, 0.5) is 10.5 Å². The number of aromatic nitrogens is 1. The highest BCUT2D eigenvalue weighted by Gasteiger charge is 2.23. The summed E-state index contributed by atoms with van der Waals surface area (Å²) in [6.45, 7) is 4.01. The van der Waals surface area contributed by atoms with E-state index in [-0.39, 0.29) is 12.6 Å². The third-order valence-corrected chi connectivity index (χ3v) is 3.96. The molecule has 0 bridgehead atoms. The SMILES string of the molecule is CC(C)(O)CN(Cc1ccccc1)C(=O)Nc1cccc2cccnc12. The highest BCUT2D eigenvalue weighted by Crippen LogP contribution is 2.21. The number of fused-ring (bicyclic) bond motifs is 1. The van der Waals surface area contributed by atoms with Crippen molar-refractivity contribution in [2.24, 2.45) is 0 Å². The van der Waals surface area contributed by atoms with Gasteiger partial charge in [0.1, 0.15) is 0 Å². The van der Waals surface area contributed by atoms with Crippen molar-refractivity contribution in [1.82, 2.24) is 9.88 Å². The lowest BCUT2D eigenvalue weighted by Gasteiger charge is -2.29. The van der Waals surface area contributed by atoms with Crippen LogP contribution >= 0.6 is 0 Å². The fourth-order valence-corrected chi connectivity index (χ4v) is 2.87. The van der Waals surface area contributed by atoms with Crippen LogP contribution in [-0.4, -0.2) is 33.2 Å². The summed E-state index contributed by atoms with van der Waals surface area (Å²) in [7, 11) is 0. The molecule has 0 radical (unpaired) electrons. The number of carbonyl (C=O) groups is 1. The molecule has 0 unspecified atom stereocenters. The van der Waals surface area contributed by atoms with Crippen LogP contribution in [0.25, 0.3) is 10.9 Å². The van der Waals surface area contributed by atoms with E-state index >= 15 is 0 Å². The van der Waals surface area contributed by atoms with Crippen LogP contribution in [0.2, 0.25) is 0 Å². The van der Waals surface area contributed by atoms with E-state index in [2.05, 4.69) is 10.3 Å². The number of nitrogens with zero attached hydrogens (tertiary/aromatic N) is 2. The fourth-order valence-electron chi connectivity index (χ4n) is 2.87. The number of urea groups is 1. The predicted molar refractivity (Wildman–Crippen MR) is 104 cm³/mol. The molecular weight excluding hydrogens is 326 g/mol. The van der Waals surface area contributed by atoms with Gasteiger partial charge in [0.15, 0.2) is 0 Å². The Kier molecular flexibility index (Phi) is 5.19. The van der Waals surface area contributed by atoms with Crippen molar-refractivity contribution in [3.63, 3.8) is 0 Å². The number of aliphatic hydroxyl groups is 1. The van der Waals surface area contributed by atoms with Gasteiger partial charge in [0.25, 0.3) is 0 Å².